The number of hydrogen-bond acceptors (Lipinski definition) is 4. The van der Waals surface area contributed by atoms with Crippen LogP contribution >= 0.6 is 11.6 Å². The smallest absolute Gasteiger partial charge is 0.246 e. The van der Waals surface area contributed by atoms with Crippen molar-refractivity contribution in [1.29, 1.82) is 0 Å². The molecule has 1 saturated heterocycles. The SMILES string of the molecule is C=CC(=O)N1CCOCC1C.Clc1cccc(-c2ncccn2)c1. The monoisotopic (exact) mass is 345 g/mol. The zero-order chi connectivity index (χ0) is 17.4. The van der Waals surface area contributed by atoms with Crippen LogP contribution < -0.4 is 0 Å². The highest BCUT2D eigenvalue weighted by molar-refractivity contribution is 6.30. The van der Waals surface area contributed by atoms with Crippen molar-refractivity contribution < 1.29 is 9.53 Å². The fourth-order valence-electron chi connectivity index (χ4n) is 2.25. The molecule has 1 aliphatic heterocycles. The van der Waals surface area contributed by atoms with E-state index in [9.17, 15) is 4.79 Å². The van der Waals surface area contributed by atoms with Crippen LogP contribution in [0.2, 0.25) is 5.02 Å². The molecule has 2 heterocycles. The fraction of sp³-hybridized carbons (Fsp3) is 0.278. The first-order valence-corrected chi connectivity index (χ1v) is 8.03. The van der Waals surface area contributed by atoms with E-state index in [1.165, 1.54) is 6.08 Å². The van der Waals surface area contributed by atoms with E-state index in [1.807, 2.05) is 31.2 Å². The van der Waals surface area contributed by atoms with Gasteiger partial charge in [0, 0.05) is 29.5 Å². The molecule has 1 fully saturated rings. The molecule has 6 heteroatoms. The van der Waals surface area contributed by atoms with E-state index in [2.05, 4.69) is 16.5 Å². The molecule has 0 bridgehead atoms. The summed E-state index contributed by atoms with van der Waals surface area (Å²) in [4.78, 5) is 21.1. The highest BCUT2D eigenvalue weighted by Gasteiger charge is 2.21. The van der Waals surface area contributed by atoms with Crippen LogP contribution in [-0.4, -0.2) is 46.6 Å². The van der Waals surface area contributed by atoms with Crippen molar-refractivity contribution in [1.82, 2.24) is 14.9 Å². The normalized spacial score (nSPS) is 16.8. The molecular weight excluding hydrogens is 326 g/mol. The van der Waals surface area contributed by atoms with Gasteiger partial charge in [0.25, 0.3) is 0 Å². The molecule has 1 aromatic carbocycles. The zero-order valence-corrected chi connectivity index (χ0v) is 14.3. The molecule has 0 N–H and O–H groups in total. The first-order valence-electron chi connectivity index (χ1n) is 7.65. The number of morpholine rings is 1. The molecule has 0 aliphatic carbocycles. The summed E-state index contributed by atoms with van der Waals surface area (Å²) in [5.41, 5.74) is 0.938. The Hall–Kier alpha value is -2.24. The molecule has 5 nitrogen and oxygen atoms in total. The van der Waals surface area contributed by atoms with Crippen molar-refractivity contribution in [3.05, 3.63) is 60.4 Å². The maximum Gasteiger partial charge on any atom is 0.246 e. The number of nitrogens with zero attached hydrogens (tertiary/aromatic N) is 3. The number of aromatic nitrogens is 2. The molecule has 1 aromatic heterocycles. The Kier molecular flexibility index (Phi) is 6.90. The van der Waals surface area contributed by atoms with Gasteiger partial charge < -0.3 is 9.64 Å². The molecule has 1 aliphatic rings. The second kappa shape index (κ2) is 9.15. The molecule has 0 saturated carbocycles. The van der Waals surface area contributed by atoms with E-state index in [4.69, 9.17) is 16.3 Å². The van der Waals surface area contributed by atoms with Gasteiger partial charge in [0.15, 0.2) is 5.82 Å². The minimum absolute atomic E-state index is 0.000741. The third kappa shape index (κ3) is 5.15. The van der Waals surface area contributed by atoms with Crippen LogP contribution in [0.15, 0.2) is 55.4 Å². The first kappa shape index (κ1) is 18.1. The van der Waals surface area contributed by atoms with Gasteiger partial charge >= 0.3 is 0 Å². The van der Waals surface area contributed by atoms with Crippen molar-refractivity contribution in [3.8, 4) is 11.4 Å². The summed E-state index contributed by atoms with van der Waals surface area (Å²) >= 11 is 5.84. The maximum atomic E-state index is 11.1. The molecule has 24 heavy (non-hydrogen) atoms. The quantitative estimate of drug-likeness (QED) is 0.784. The van der Waals surface area contributed by atoms with E-state index >= 15 is 0 Å². The molecule has 3 rings (SSSR count). The van der Waals surface area contributed by atoms with Crippen molar-refractivity contribution >= 4 is 17.5 Å². The number of halogens is 1. The highest BCUT2D eigenvalue weighted by Crippen LogP contribution is 2.18. The van der Waals surface area contributed by atoms with Gasteiger partial charge in [0.1, 0.15) is 0 Å². The number of rotatable bonds is 2. The van der Waals surface area contributed by atoms with Crippen molar-refractivity contribution in [3.63, 3.8) is 0 Å². The van der Waals surface area contributed by atoms with Crippen molar-refractivity contribution in [2.75, 3.05) is 19.8 Å². The lowest BCUT2D eigenvalue weighted by Gasteiger charge is -2.32. The summed E-state index contributed by atoms with van der Waals surface area (Å²) in [5.74, 6) is 0.700. The Morgan fingerprint density at radius 1 is 1.38 bits per heavy atom. The molecule has 1 atom stereocenters. The third-order valence-corrected chi connectivity index (χ3v) is 3.71. The number of benzene rings is 1. The van der Waals surface area contributed by atoms with Crippen LogP contribution in [0.25, 0.3) is 11.4 Å². The minimum Gasteiger partial charge on any atom is -0.377 e. The van der Waals surface area contributed by atoms with Crippen LogP contribution in [0.4, 0.5) is 0 Å². The molecule has 0 spiro atoms. The van der Waals surface area contributed by atoms with E-state index in [0.717, 1.165) is 5.56 Å². The van der Waals surface area contributed by atoms with Gasteiger partial charge in [-0.25, -0.2) is 9.97 Å². The van der Waals surface area contributed by atoms with Crippen molar-refractivity contribution in [2.45, 2.75) is 13.0 Å². The highest BCUT2D eigenvalue weighted by atomic mass is 35.5. The minimum atomic E-state index is 0.000741. The number of ether oxygens (including phenoxy) is 1. The third-order valence-electron chi connectivity index (χ3n) is 3.47. The van der Waals surface area contributed by atoms with E-state index in [0.29, 0.717) is 30.6 Å². The van der Waals surface area contributed by atoms with Gasteiger partial charge in [0.05, 0.1) is 19.3 Å². The lowest BCUT2D eigenvalue weighted by Crippen LogP contribution is -2.46. The van der Waals surface area contributed by atoms with Gasteiger partial charge in [-0.15, -0.1) is 0 Å². The Balaban J connectivity index is 0.000000177. The van der Waals surface area contributed by atoms with Gasteiger partial charge in [0.2, 0.25) is 5.91 Å². The van der Waals surface area contributed by atoms with Crippen LogP contribution in [0.3, 0.4) is 0 Å². The number of amides is 1. The second-order valence-corrected chi connectivity index (χ2v) is 5.68. The van der Waals surface area contributed by atoms with Crippen LogP contribution in [0.5, 0.6) is 0 Å². The summed E-state index contributed by atoms with van der Waals surface area (Å²) in [6, 6.07) is 9.46. The summed E-state index contributed by atoms with van der Waals surface area (Å²) in [6.45, 7) is 7.38. The second-order valence-electron chi connectivity index (χ2n) is 5.24. The summed E-state index contributed by atoms with van der Waals surface area (Å²) in [7, 11) is 0. The molecule has 126 valence electrons. The summed E-state index contributed by atoms with van der Waals surface area (Å²) in [6.07, 6.45) is 4.77. The van der Waals surface area contributed by atoms with Gasteiger partial charge in [-0.2, -0.15) is 0 Å². The molecule has 2 aromatic rings. The lowest BCUT2D eigenvalue weighted by atomic mass is 10.2. The number of hydrogen-bond donors (Lipinski definition) is 0. The Labute approximate surface area is 146 Å². The first-order chi connectivity index (χ1) is 11.6. The van der Waals surface area contributed by atoms with Crippen LogP contribution in [0.1, 0.15) is 6.92 Å². The molecular formula is C18H20ClN3O2. The largest absolute Gasteiger partial charge is 0.377 e. The zero-order valence-electron chi connectivity index (χ0n) is 13.6. The molecule has 0 radical (unpaired) electrons. The van der Waals surface area contributed by atoms with Crippen LogP contribution in [-0.2, 0) is 9.53 Å². The van der Waals surface area contributed by atoms with Gasteiger partial charge in [-0.05, 0) is 31.2 Å². The average molecular weight is 346 g/mol. The summed E-state index contributed by atoms with van der Waals surface area (Å²) in [5, 5.41) is 0.699. The molecule has 1 unspecified atom stereocenters. The van der Waals surface area contributed by atoms with Gasteiger partial charge in [-0.1, -0.05) is 30.3 Å². The van der Waals surface area contributed by atoms with Gasteiger partial charge in [-0.3, -0.25) is 4.79 Å². The standard InChI is InChI=1S/C10H7ClN2.C8H13NO2/c11-9-4-1-3-8(7-9)10-12-5-2-6-13-10;1-3-8(10)9-4-5-11-6-7(9)2/h1-7H;3,7H,1,4-6H2,2H3. The summed E-state index contributed by atoms with van der Waals surface area (Å²) < 4.78 is 5.18. The van der Waals surface area contributed by atoms with Crippen molar-refractivity contribution in [2.24, 2.45) is 0 Å². The Morgan fingerprint density at radius 3 is 2.75 bits per heavy atom. The van der Waals surface area contributed by atoms with E-state index in [-0.39, 0.29) is 11.9 Å². The fourth-order valence-corrected chi connectivity index (χ4v) is 2.44. The Morgan fingerprint density at radius 2 is 2.12 bits per heavy atom. The predicted octanol–water partition coefficient (Wildman–Crippen LogP) is 3.22. The molecule has 1 amide bonds. The maximum absolute atomic E-state index is 11.1. The topological polar surface area (TPSA) is 55.3 Å². The predicted molar refractivity (Wildman–Crippen MR) is 94.7 cm³/mol. The number of carbonyl (C=O) groups excluding carboxylic acids is 1. The average Bonchev–Trinajstić information content (AvgIpc) is 2.63. The lowest BCUT2D eigenvalue weighted by molar-refractivity contribution is -0.133. The van der Waals surface area contributed by atoms with Crippen LogP contribution in [0, 0.1) is 0 Å². The van der Waals surface area contributed by atoms with E-state index < -0.39 is 0 Å². The van der Waals surface area contributed by atoms with E-state index in [1.54, 1.807) is 23.4 Å². The number of carbonyl (C=O) groups is 1. The Bertz CT molecular complexity index is 679.